The number of hydrogen-bond donors (Lipinski definition) is 2. The summed E-state index contributed by atoms with van der Waals surface area (Å²) in [5, 5.41) is 6.33. The van der Waals surface area contributed by atoms with Crippen LogP contribution in [-0.2, 0) is 9.59 Å². The Morgan fingerprint density at radius 1 is 0.842 bits per heavy atom. The van der Waals surface area contributed by atoms with Crippen LogP contribution >= 0.6 is 0 Å². The minimum atomic E-state index is -0.993. The van der Waals surface area contributed by atoms with Crippen LogP contribution in [0, 0.1) is 0 Å². The lowest BCUT2D eigenvalue weighted by Gasteiger charge is -2.49. The van der Waals surface area contributed by atoms with E-state index in [4.69, 9.17) is 4.98 Å². The monoisotopic (exact) mass is 772 g/mol. The fourth-order valence-corrected chi connectivity index (χ4v) is 8.84. The van der Waals surface area contributed by atoms with Gasteiger partial charge in [-0.15, -0.1) is 0 Å². The fraction of sp³-hybridized carbons (Fsp3) is 0.415. The van der Waals surface area contributed by atoms with Crippen molar-refractivity contribution in [1.29, 1.82) is 0 Å². The molecule has 6 heterocycles. The molecule has 2 aromatic carbocycles. The fourth-order valence-electron chi connectivity index (χ4n) is 8.84. The highest BCUT2D eigenvalue weighted by Gasteiger charge is 2.45. The van der Waals surface area contributed by atoms with Gasteiger partial charge < -0.3 is 24.6 Å². The number of rotatable bonds is 8. The van der Waals surface area contributed by atoms with Crippen LogP contribution in [0.5, 0.6) is 0 Å². The molecule has 0 bridgehead atoms. The molecular weight excluding hydrogens is 729 g/mol. The smallest absolute Gasteiger partial charge is 0.270 e. The van der Waals surface area contributed by atoms with E-state index in [2.05, 4.69) is 30.0 Å². The van der Waals surface area contributed by atoms with Crippen molar-refractivity contribution in [1.82, 2.24) is 39.5 Å². The first-order valence-electron chi connectivity index (χ1n) is 19.6. The van der Waals surface area contributed by atoms with Crippen molar-refractivity contribution in [3.8, 4) is 0 Å². The number of anilines is 3. The van der Waals surface area contributed by atoms with Crippen molar-refractivity contribution in [2.45, 2.75) is 56.7 Å². The van der Waals surface area contributed by atoms with Crippen molar-refractivity contribution < 1.29 is 28.8 Å². The Labute approximate surface area is 328 Å². The van der Waals surface area contributed by atoms with Gasteiger partial charge in [-0.2, -0.15) is 4.98 Å². The number of aromatic nitrogens is 3. The average Bonchev–Trinajstić information content (AvgIpc) is 3.91. The Morgan fingerprint density at radius 3 is 2.26 bits per heavy atom. The average molecular weight is 773 g/mol. The number of fused-ring (bicyclic) bond motifs is 2. The molecule has 0 spiro atoms. The lowest BCUT2D eigenvalue weighted by atomic mass is 10.0. The Hall–Kier alpha value is -6.16. The van der Waals surface area contributed by atoms with Gasteiger partial charge in [-0.1, -0.05) is 12.8 Å². The van der Waals surface area contributed by atoms with Gasteiger partial charge in [0.05, 0.1) is 11.1 Å². The van der Waals surface area contributed by atoms with Crippen LogP contribution in [0.15, 0.2) is 54.7 Å². The third kappa shape index (κ3) is 6.56. The quantitative estimate of drug-likeness (QED) is 0.252. The molecule has 5 aliphatic rings. The Kier molecular flexibility index (Phi) is 9.22. The van der Waals surface area contributed by atoms with E-state index in [1.54, 1.807) is 37.3 Å². The van der Waals surface area contributed by atoms with Crippen LogP contribution in [0.4, 0.5) is 17.3 Å². The maximum atomic E-state index is 13.5. The van der Waals surface area contributed by atoms with Crippen molar-refractivity contribution in [3.05, 3.63) is 77.1 Å². The summed E-state index contributed by atoms with van der Waals surface area (Å²) in [6, 6.07) is 13.9. The van der Waals surface area contributed by atoms with E-state index in [1.807, 2.05) is 41.3 Å². The minimum Gasteiger partial charge on any atom is -0.368 e. The van der Waals surface area contributed by atoms with Gasteiger partial charge in [0.25, 0.3) is 23.6 Å². The van der Waals surface area contributed by atoms with Crippen LogP contribution in [-0.4, -0.2) is 135 Å². The van der Waals surface area contributed by atoms with E-state index in [0.29, 0.717) is 36.3 Å². The number of nitrogens with one attached hydrogen (secondary N) is 2. The number of nitrogens with zero attached hydrogens (tertiary/aromatic N) is 8. The summed E-state index contributed by atoms with van der Waals surface area (Å²) in [6.45, 7) is 4.19. The molecule has 1 saturated carbocycles. The molecule has 1 aliphatic carbocycles. The molecule has 16 heteroatoms. The summed E-state index contributed by atoms with van der Waals surface area (Å²) in [4.78, 5) is 95.4. The maximum Gasteiger partial charge on any atom is 0.270 e. The molecule has 3 saturated heterocycles. The molecule has 2 aromatic heterocycles. The molecule has 1 atom stereocenters. The molecule has 6 amide bonds. The second-order valence-electron chi connectivity index (χ2n) is 15.8. The third-order valence-electron chi connectivity index (χ3n) is 12.0. The molecule has 9 rings (SSSR count). The van der Waals surface area contributed by atoms with E-state index in [1.165, 1.54) is 0 Å². The van der Waals surface area contributed by atoms with Gasteiger partial charge in [0, 0.05) is 100 Å². The number of imide groups is 2. The first-order chi connectivity index (χ1) is 27.5. The first kappa shape index (κ1) is 36.5. The highest BCUT2D eigenvalue weighted by atomic mass is 16.2. The van der Waals surface area contributed by atoms with E-state index in [9.17, 15) is 28.8 Å². The molecule has 2 N–H and O–H groups in total. The van der Waals surface area contributed by atoms with Gasteiger partial charge in [-0.05, 0) is 67.8 Å². The molecule has 57 heavy (non-hydrogen) atoms. The maximum absolute atomic E-state index is 13.5. The second kappa shape index (κ2) is 14.4. The van der Waals surface area contributed by atoms with Crippen LogP contribution in [0.1, 0.15) is 86.1 Å². The summed E-state index contributed by atoms with van der Waals surface area (Å²) in [5.41, 5.74) is 4.09. The topological polar surface area (TPSA) is 173 Å². The normalized spacial score (nSPS) is 20.6. The standard InChI is InChI=1S/C41H44N10O6/c1-46(2)40(57)33-19-25-21-42-41(45-35(25)50(33)27-5-3-4-6-27)43-26-9-7-24(8-10-26)37(54)48-17-15-47(16-18-48)29-22-49(23-29)28-11-12-30-31(20-28)39(56)51(38(30)55)32-13-14-34(52)44-36(32)53/h7-12,19-21,27,29,32H,3-6,13-18,22-23H2,1-2H3,(H,42,43,45)(H,44,52,53). The van der Waals surface area contributed by atoms with Crippen LogP contribution in [0.3, 0.4) is 0 Å². The van der Waals surface area contributed by atoms with Gasteiger partial charge in [0.15, 0.2) is 0 Å². The van der Waals surface area contributed by atoms with Gasteiger partial charge in [0.1, 0.15) is 17.4 Å². The predicted octanol–water partition coefficient (Wildman–Crippen LogP) is 3.04. The summed E-state index contributed by atoms with van der Waals surface area (Å²) >= 11 is 0. The number of piperazine rings is 1. The van der Waals surface area contributed by atoms with Gasteiger partial charge >= 0.3 is 0 Å². The second-order valence-corrected chi connectivity index (χ2v) is 15.8. The molecule has 0 radical (unpaired) electrons. The first-order valence-corrected chi connectivity index (χ1v) is 19.6. The van der Waals surface area contributed by atoms with Crippen molar-refractivity contribution in [2.75, 3.05) is 63.6 Å². The van der Waals surface area contributed by atoms with Crippen molar-refractivity contribution in [2.24, 2.45) is 0 Å². The molecular formula is C41H44N10O6. The summed E-state index contributed by atoms with van der Waals surface area (Å²) in [6.07, 6.45) is 6.22. The Balaban J connectivity index is 0.785. The summed E-state index contributed by atoms with van der Waals surface area (Å²) < 4.78 is 2.09. The van der Waals surface area contributed by atoms with Crippen molar-refractivity contribution >= 4 is 63.8 Å². The van der Waals surface area contributed by atoms with Gasteiger partial charge in [-0.3, -0.25) is 43.9 Å². The number of carbonyl (C=O) groups excluding carboxylic acids is 6. The number of piperidine rings is 1. The van der Waals surface area contributed by atoms with E-state index in [0.717, 1.165) is 79.2 Å². The number of carbonyl (C=O) groups is 6. The molecule has 294 valence electrons. The molecule has 4 aromatic rings. The van der Waals surface area contributed by atoms with Gasteiger partial charge in [-0.25, -0.2) is 4.98 Å². The third-order valence-corrected chi connectivity index (χ3v) is 12.0. The van der Waals surface area contributed by atoms with E-state index in [-0.39, 0.29) is 41.8 Å². The molecule has 4 aliphatic heterocycles. The zero-order chi connectivity index (χ0) is 39.5. The SMILES string of the molecule is CN(C)C(=O)c1cc2cnc(Nc3ccc(C(=O)N4CCN(C5CN(c6ccc7c(c6)C(=O)N(C6CCC(=O)NC6=O)C7=O)C5)CC4)cc3)nc2n1C1CCCC1. The minimum absolute atomic E-state index is 0.0229. The number of benzene rings is 2. The largest absolute Gasteiger partial charge is 0.368 e. The van der Waals surface area contributed by atoms with E-state index < -0.39 is 29.7 Å². The Bertz CT molecular complexity index is 2320. The predicted molar refractivity (Wildman–Crippen MR) is 209 cm³/mol. The number of hydrogen-bond acceptors (Lipinski definition) is 11. The zero-order valence-electron chi connectivity index (χ0n) is 31.9. The summed E-state index contributed by atoms with van der Waals surface area (Å²) in [7, 11) is 3.52. The lowest BCUT2D eigenvalue weighted by molar-refractivity contribution is -0.136. The number of amides is 6. The zero-order valence-corrected chi connectivity index (χ0v) is 31.9. The molecule has 16 nitrogen and oxygen atoms in total. The molecule has 1 unspecified atom stereocenters. The van der Waals surface area contributed by atoms with Gasteiger partial charge in [0.2, 0.25) is 17.8 Å². The van der Waals surface area contributed by atoms with Crippen LogP contribution in [0.2, 0.25) is 0 Å². The summed E-state index contributed by atoms with van der Waals surface area (Å²) in [5.74, 6) is -1.71. The van der Waals surface area contributed by atoms with E-state index >= 15 is 0 Å². The highest BCUT2D eigenvalue weighted by molar-refractivity contribution is 6.23. The molecule has 4 fully saturated rings. The highest BCUT2D eigenvalue weighted by Crippen LogP contribution is 2.36. The Morgan fingerprint density at radius 2 is 1.56 bits per heavy atom. The lowest BCUT2D eigenvalue weighted by Crippen LogP contribution is -2.63. The van der Waals surface area contributed by atoms with Crippen molar-refractivity contribution in [3.63, 3.8) is 0 Å². The van der Waals surface area contributed by atoms with Crippen LogP contribution in [0.25, 0.3) is 11.0 Å². The van der Waals surface area contributed by atoms with Crippen LogP contribution < -0.4 is 15.5 Å².